The van der Waals surface area contributed by atoms with Crippen LogP contribution in [0.5, 0.6) is 11.5 Å². The van der Waals surface area contributed by atoms with Gasteiger partial charge in [0, 0.05) is 5.54 Å². The van der Waals surface area contributed by atoms with Crippen LogP contribution in [-0.2, 0) is 0 Å². The molecule has 2 N–H and O–H groups in total. The van der Waals surface area contributed by atoms with Crippen molar-refractivity contribution in [3.8, 4) is 11.5 Å². The van der Waals surface area contributed by atoms with Crippen molar-refractivity contribution in [2.75, 3.05) is 30.9 Å². The second kappa shape index (κ2) is 7.62. The highest BCUT2D eigenvalue weighted by molar-refractivity contribution is 5.38. The van der Waals surface area contributed by atoms with Crippen molar-refractivity contribution in [2.24, 2.45) is 0 Å². The highest BCUT2D eigenvalue weighted by Gasteiger charge is 2.11. The zero-order valence-electron chi connectivity index (χ0n) is 14.0. The van der Waals surface area contributed by atoms with Gasteiger partial charge in [-0.15, -0.1) is 5.10 Å². The summed E-state index contributed by atoms with van der Waals surface area (Å²) in [5.74, 6) is 2.75. The summed E-state index contributed by atoms with van der Waals surface area (Å²) in [5.41, 5.74) is -0.0786. The molecule has 0 bridgehead atoms. The van der Waals surface area contributed by atoms with Crippen molar-refractivity contribution in [3.05, 3.63) is 30.5 Å². The Bertz CT molecular complexity index is 611. The van der Waals surface area contributed by atoms with Gasteiger partial charge >= 0.3 is 0 Å². The van der Waals surface area contributed by atoms with E-state index in [9.17, 15) is 0 Å². The lowest BCUT2D eigenvalue weighted by molar-refractivity contribution is 0.331. The van der Waals surface area contributed by atoms with Crippen molar-refractivity contribution in [3.63, 3.8) is 0 Å². The molecular weight excluding hydrogens is 294 g/mol. The summed E-state index contributed by atoms with van der Waals surface area (Å²) in [7, 11) is 1.64. The Balaban J connectivity index is 1.78. The summed E-state index contributed by atoms with van der Waals surface area (Å²) in [6, 6.07) is 7.45. The number of methoxy groups -OCH3 is 1. The van der Waals surface area contributed by atoms with Gasteiger partial charge in [-0.25, -0.2) is 0 Å². The molecule has 0 saturated carbocycles. The van der Waals surface area contributed by atoms with Crippen LogP contribution in [0.15, 0.2) is 30.5 Å². The van der Waals surface area contributed by atoms with Gasteiger partial charge in [-0.3, -0.25) is 0 Å². The Kier molecular flexibility index (Phi) is 5.56. The zero-order chi connectivity index (χ0) is 16.7. The third-order valence-electron chi connectivity index (χ3n) is 2.78. The quantitative estimate of drug-likeness (QED) is 0.760. The minimum atomic E-state index is -0.0786. The lowest BCUT2D eigenvalue weighted by atomic mass is 10.1. The molecule has 124 valence electrons. The number of nitrogens with zero attached hydrogens (tertiary/aromatic N) is 3. The standard InChI is InChI=1S/C16H23N5O2/c1-16(2,3)20-14-11-18-21-15(19-14)17-9-10-23-13-7-5-12(22-4)6-8-13/h5-8,11H,9-10H2,1-4H3,(H2,17,19,20,21). The van der Waals surface area contributed by atoms with Crippen molar-refractivity contribution in [1.82, 2.24) is 15.2 Å². The molecule has 23 heavy (non-hydrogen) atoms. The number of hydrogen-bond donors (Lipinski definition) is 2. The van der Waals surface area contributed by atoms with Gasteiger partial charge in [0.15, 0.2) is 5.82 Å². The fourth-order valence-corrected chi connectivity index (χ4v) is 1.83. The smallest absolute Gasteiger partial charge is 0.244 e. The van der Waals surface area contributed by atoms with Gasteiger partial charge in [-0.05, 0) is 45.0 Å². The molecular formula is C16H23N5O2. The summed E-state index contributed by atoms with van der Waals surface area (Å²) < 4.78 is 10.7. The van der Waals surface area contributed by atoms with E-state index < -0.39 is 0 Å². The normalized spacial score (nSPS) is 11.0. The van der Waals surface area contributed by atoms with Gasteiger partial charge in [-0.1, -0.05) is 0 Å². The van der Waals surface area contributed by atoms with Crippen LogP contribution in [0.2, 0.25) is 0 Å². The molecule has 0 unspecified atom stereocenters. The summed E-state index contributed by atoms with van der Waals surface area (Å²) >= 11 is 0. The average molecular weight is 317 g/mol. The summed E-state index contributed by atoms with van der Waals surface area (Å²) in [4.78, 5) is 4.36. The fourth-order valence-electron chi connectivity index (χ4n) is 1.83. The molecule has 1 aromatic heterocycles. The number of nitrogens with one attached hydrogen (secondary N) is 2. The van der Waals surface area contributed by atoms with Crippen LogP contribution in [0.4, 0.5) is 11.8 Å². The van der Waals surface area contributed by atoms with Crippen LogP contribution in [0.3, 0.4) is 0 Å². The number of rotatable bonds is 7. The summed E-state index contributed by atoms with van der Waals surface area (Å²) in [6.45, 7) is 7.25. The van der Waals surface area contributed by atoms with Gasteiger partial charge in [0.1, 0.15) is 18.1 Å². The Morgan fingerprint density at radius 3 is 2.43 bits per heavy atom. The molecule has 0 aliphatic heterocycles. The van der Waals surface area contributed by atoms with Crippen molar-refractivity contribution in [1.29, 1.82) is 0 Å². The maximum atomic E-state index is 5.63. The van der Waals surface area contributed by atoms with E-state index in [2.05, 4.69) is 46.6 Å². The van der Waals surface area contributed by atoms with Crippen LogP contribution in [0.25, 0.3) is 0 Å². The van der Waals surface area contributed by atoms with Gasteiger partial charge in [0.05, 0.1) is 19.9 Å². The highest BCUT2D eigenvalue weighted by Crippen LogP contribution is 2.16. The van der Waals surface area contributed by atoms with Gasteiger partial charge in [0.25, 0.3) is 0 Å². The summed E-state index contributed by atoms with van der Waals surface area (Å²) in [6.07, 6.45) is 1.60. The largest absolute Gasteiger partial charge is 0.497 e. The van der Waals surface area contributed by atoms with Crippen LogP contribution < -0.4 is 20.1 Å². The van der Waals surface area contributed by atoms with E-state index in [1.165, 1.54) is 0 Å². The monoisotopic (exact) mass is 317 g/mol. The molecule has 0 spiro atoms. The molecule has 2 aromatic rings. The number of hydrogen-bond acceptors (Lipinski definition) is 7. The molecule has 0 aliphatic rings. The number of anilines is 2. The minimum absolute atomic E-state index is 0.0786. The average Bonchev–Trinajstić information content (AvgIpc) is 2.51. The Labute approximate surface area is 136 Å². The summed E-state index contributed by atoms with van der Waals surface area (Å²) in [5, 5.41) is 14.2. The molecule has 0 saturated heterocycles. The van der Waals surface area contributed by atoms with Crippen molar-refractivity contribution in [2.45, 2.75) is 26.3 Å². The van der Waals surface area contributed by atoms with Crippen molar-refractivity contribution >= 4 is 11.8 Å². The van der Waals surface area contributed by atoms with Crippen LogP contribution in [-0.4, -0.2) is 41.0 Å². The predicted octanol–water partition coefficient (Wildman–Crippen LogP) is 2.58. The molecule has 7 nitrogen and oxygen atoms in total. The van der Waals surface area contributed by atoms with Gasteiger partial charge < -0.3 is 20.1 Å². The second-order valence-electron chi connectivity index (χ2n) is 5.99. The molecule has 0 amide bonds. The molecule has 1 aromatic carbocycles. The molecule has 7 heteroatoms. The van der Waals surface area contributed by atoms with E-state index in [0.717, 1.165) is 11.5 Å². The maximum Gasteiger partial charge on any atom is 0.244 e. The van der Waals surface area contributed by atoms with Crippen LogP contribution in [0.1, 0.15) is 20.8 Å². The lowest BCUT2D eigenvalue weighted by Gasteiger charge is -2.20. The molecule has 0 aliphatic carbocycles. The molecule has 1 heterocycles. The third-order valence-corrected chi connectivity index (χ3v) is 2.78. The van der Waals surface area contributed by atoms with E-state index in [1.54, 1.807) is 13.3 Å². The van der Waals surface area contributed by atoms with E-state index in [1.807, 2.05) is 24.3 Å². The topological polar surface area (TPSA) is 81.2 Å². The first-order valence-electron chi connectivity index (χ1n) is 7.45. The number of ether oxygens (including phenoxy) is 2. The van der Waals surface area contributed by atoms with Crippen LogP contribution in [0, 0.1) is 0 Å². The third kappa shape index (κ3) is 5.98. The predicted molar refractivity (Wildman–Crippen MR) is 90.2 cm³/mol. The van der Waals surface area contributed by atoms with Crippen LogP contribution >= 0.6 is 0 Å². The van der Waals surface area contributed by atoms with Crippen molar-refractivity contribution < 1.29 is 9.47 Å². The zero-order valence-corrected chi connectivity index (χ0v) is 14.0. The Morgan fingerprint density at radius 1 is 1.09 bits per heavy atom. The Morgan fingerprint density at radius 2 is 1.78 bits per heavy atom. The van der Waals surface area contributed by atoms with E-state index in [0.29, 0.717) is 24.9 Å². The molecule has 0 fully saturated rings. The van der Waals surface area contributed by atoms with E-state index in [-0.39, 0.29) is 5.54 Å². The SMILES string of the molecule is COc1ccc(OCCNc2nncc(NC(C)(C)C)n2)cc1. The van der Waals surface area contributed by atoms with E-state index >= 15 is 0 Å². The fraction of sp³-hybridized carbons (Fsp3) is 0.438. The first kappa shape index (κ1) is 16.8. The maximum absolute atomic E-state index is 5.63. The first-order valence-corrected chi connectivity index (χ1v) is 7.45. The highest BCUT2D eigenvalue weighted by atomic mass is 16.5. The number of benzene rings is 1. The Hall–Kier alpha value is -2.57. The lowest BCUT2D eigenvalue weighted by Crippen LogP contribution is -2.27. The molecule has 0 atom stereocenters. The second-order valence-corrected chi connectivity index (χ2v) is 5.99. The minimum Gasteiger partial charge on any atom is -0.497 e. The van der Waals surface area contributed by atoms with Gasteiger partial charge in [-0.2, -0.15) is 10.1 Å². The molecule has 2 rings (SSSR count). The molecule has 0 radical (unpaired) electrons. The first-order chi connectivity index (χ1) is 11.0. The number of aromatic nitrogens is 3. The van der Waals surface area contributed by atoms with E-state index in [4.69, 9.17) is 9.47 Å². The van der Waals surface area contributed by atoms with Gasteiger partial charge in [0.2, 0.25) is 5.95 Å².